The van der Waals surface area contributed by atoms with Crippen LogP contribution in [0.3, 0.4) is 0 Å². The predicted molar refractivity (Wildman–Crippen MR) is 74.9 cm³/mol. The van der Waals surface area contributed by atoms with Gasteiger partial charge in [-0.25, -0.2) is 4.39 Å². The maximum Gasteiger partial charge on any atom is 0.124 e. The second-order valence-corrected chi connectivity index (χ2v) is 4.83. The lowest BCUT2D eigenvalue weighted by atomic mass is 10.1. The van der Waals surface area contributed by atoms with Gasteiger partial charge in [0.15, 0.2) is 0 Å². The number of rotatable bonds is 3. The van der Waals surface area contributed by atoms with Crippen molar-refractivity contribution in [2.24, 2.45) is 0 Å². The van der Waals surface area contributed by atoms with E-state index in [-0.39, 0.29) is 11.9 Å². The third-order valence-electron chi connectivity index (χ3n) is 2.67. The molecule has 4 heteroatoms. The minimum absolute atomic E-state index is 0.0124. The summed E-state index contributed by atoms with van der Waals surface area (Å²) in [6.07, 6.45) is 0. The summed E-state index contributed by atoms with van der Waals surface area (Å²) in [6.45, 7) is 1.97. The Morgan fingerprint density at radius 2 is 1.78 bits per heavy atom. The van der Waals surface area contributed by atoms with E-state index in [0.717, 1.165) is 5.56 Å². The number of benzene rings is 2. The third-order valence-corrected chi connectivity index (χ3v) is 3.33. The topological polar surface area (TPSA) is 12.0 Å². The van der Waals surface area contributed by atoms with E-state index in [0.29, 0.717) is 15.7 Å². The summed E-state index contributed by atoms with van der Waals surface area (Å²) in [6, 6.07) is 11.8. The highest BCUT2D eigenvalue weighted by molar-refractivity contribution is 6.33. The molecule has 0 aliphatic heterocycles. The van der Waals surface area contributed by atoms with Crippen molar-refractivity contribution in [2.75, 3.05) is 5.32 Å². The van der Waals surface area contributed by atoms with Gasteiger partial charge >= 0.3 is 0 Å². The Morgan fingerprint density at radius 3 is 2.44 bits per heavy atom. The van der Waals surface area contributed by atoms with Crippen molar-refractivity contribution in [1.82, 2.24) is 0 Å². The summed E-state index contributed by atoms with van der Waals surface area (Å²) in [4.78, 5) is 0. The van der Waals surface area contributed by atoms with Gasteiger partial charge in [-0.3, -0.25) is 0 Å². The second-order valence-electron chi connectivity index (χ2n) is 4.01. The van der Waals surface area contributed by atoms with E-state index in [1.807, 2.05) is 31.2 Å². The van der Waals surface area contributed by atoms with E-state index < -0.39 is 0 Å². The van der Waals surface area contributed by atoms with Gasteiger partial charge in [0.2, 0.25) is 0 Å². The fourth-order valence-electron chi connectivity index (χ4n) is 1.74. The molecule has 0 aliphatic carbocycles. The molecule has 0 fully saturated rings. The highest BCUT2D eigenvalue weighted by Crippen LogP contribution is 2.29. The Balaban J connectivity index is 2.21. The zero-order valence-corrected chi connectivity index (χ0v) is 11.3. The molecule has 0 aliphatic rings. The van der Waals surface area contributed by atoms with Crippen molar-refractivity contribution in [2.45, 2.75) is 13.0 Å². The van der Waals surface area contributed by atoms with Crippen molar-refractivity contribution in [1.29, 1.82) is 0 Å². The lowest BCUT2D eigenvalue weighted by Gasteiger charge is -2.17. The standard InChI is InChI=1S/C14H12Cl2FN/c1-9(11-4-2-3-5-12(11)15)18-14-7-6-10(17)8-13(14)16/h2-9,18H,1H3. The predicted octanol–water partition coefficient (Wildman–Crippen LogP) is 5.31. The highest BCUT2D eigenvalue weighted by atomic mass is 35.5. The van der Waals surface area contributed by atoms with Crippen LogP contribution in [0.25, 0.3) is 0 Å². The molecule has 0 saturated heterocycles. The zero-order valence-electron chi connectivity index (χ0n) is 9.75. The normalized spacial score (nSPS) is 12.2. The monoisotopic (exact) mass is 283 g/mol. The van der Waals surface area contributed by atoms with E-state index >= 15 is 0 Å². The molecular weight excluding hydrogens is 272 g/mol. The molecule has 1 N–H and O–H groups in total. The molecule has 1 atom stereocenters. The summed E-state index contributed by atoms with van der Waals surface area (Å²) in [5.41, 5.74) is 1.66. The molecule has 18 heavy (non-hydrogen) atoms. The lowest BCUT2D eigenvalue weighted by molar-refractivity contribution is 0.628. The molecule has 2 aromatic carbocycles. The van der Waals surface area contributed by atoms with E-state index in [1.54, 1.807) is 6.07 Å². The Morgan fingerprint density at radius 1 is 1.06 bits per heavy atom. The first-order valence-electron chi connectivity index (χ1n) is 5.54. The van der Waals surface area contributed by atoms with Crippen LogP contribution < -0.4 is 5.32 Å². The van der Waals surface area contributed by atoms with Crippen LogP contribution in [0, 0.1) is 5.82 Å². The molecular formula is C14H12Cl2FN. The number of hydrogen-bond acceptors (Lipinski definition) is 1. The molecule has 0 saturated carbocycles. The summed E-state index contributed by atoms with van der Waals surface area (Å²) >= 11 is 12.1. The molecule has 2 rings (SSSR count). The Hall–Kier alpha value is -1.25. The van der Waals surface area contributed by atoms with Crippen LogP contribution in [0.2, 0.25) is 10.0 Å². The third kappa shape index (κ3) is 2.95. The summed E-state index contributed by atoms with van der Waals surface area (Å²) in [5.74, 6) is -0.351. The first-order valence-corrected chi connectivity index (χ1v) is 6.29. The molecule has 2 aromatic rings. The van der Waals surface area contributed by atoms with E-state index in [9.17, 15) is 4.39 Å². The molecule has 0 heterocycles. The molecule has 0 bridgehead atoms. The van der Waals surface area contributed by atoms with Crippen LogP contribution in [0.1, 0.15) is 18.5 Å². The van der Waals surface area contributed by atoms with Gasteiger partial charge in [-0.1, -0.05) is 41.4 Å². The first kappa shape index (κ1) is 13.2. The Bertz CT molecular complexity index is 557. The minimum atomic E-state index is -0.351. The molecule has 0 amide bonds. The second kappa shape index (κ2) is 5.59. The Labute approximate surface area is 116 Å². The molecule has 94 valence electrons. The average Bonchev–Trinajstić information content (AvgIpc) is 2.33. The fraction of sp³-hybridized carbons (Fsp3) is 0.143. The van der Waals surface area contributed by atoms with Crippen LogP contribution >= 0.6 is 23.2 Å². The van der Waals surface area contributed by atoms with Gasteiger partial charge in [-0.15, -0.1) is 0 Å². The van der Waals surface area contributed by atoms with E-state index in [1.165, 1.54) is 12.1 Å². The van der Waals surface area contributed by atoms with Gasteiger partial charge in [0.25, 0.3) is 0 Å². The first-order chi connectivity index (χ1) is 8.58. The quantitative estimate of drug-likeness (QED) is 0.805. The van der Waals surface area contributed by atoms with Gasteiger partial charge in [0.1, 0.15) is 5.82 Å². The van der Waals surface area contributed by atoms with Gasteiger partial charge in [0, 0.05) is 5.02 Å². The van der Waals surface area contributed by atoms with E-state index in [4.69, 9.17) is 23.2 Å². The molecule has 1 nitrogen and oxygen atoms in total. The van der Waals surface area contributed by atoms with Crippen LogP contribution in [-0.4, -0.2) is 0 Å². The maximum absolute atomic E-state index is 12.9. The summed E-state index contributed by atoms with van der Waals surface area (Å²) in [7, 11) is 0. The van der Waals surface area contributed by atoms with Gasteiger partial charge in [0.05, 0.1) is 16.8 Å². The lowest BCUT2D eigenvalue weighted by Crippen LogP contribution is -2.07. The van der Waals surface area contributed by atoms with Crippen molar-refractivity contribution >= 4 is 28.9 Å². The van der Waals surface area contributed by atoms with Crippen LogP contribution in [0.4, 0.5) is 10.1 Å². The molecule has 0 spiro atoms. The number of anilines is 1. The van der Waals surface area contributed by atoms with Gasteiger partial charge in [-0.2, -0.15) is 0 Å². The van der Waals surface area contributed by atoms with Gasteiger partial charge < -0.3 is 5.32 Å². The number of hydrogen-bond donors (Lipinski definition) is 1. The highest BCUT2D eigenvalue weighted by Gasteiger charge is 2.10. The van der Waals surface area contributed by atoms with E-state index in [2.05, 4.69) is 5.32 Å². The zero-order chi connectivity index (χ0) is 13.1. The van der Waals surface area contributed by atoms with Crippen molar-refractivity contribution in [3.8, 4) is 0 Å². The fourth-order valence-corrected chi connectivity index (χ4v) is 2.26. The van der Waals surface area contributed by atoms with Crippen LogP contribution in [-0.2, 0) is 0 Å². The SMILES string of the molecule is CC(Nc1ccc(F)cc1Cl)c1ccccc1Cl. The minimum Gasteiger partial charge on any atom is -0.377 e. The summed E-state index contributed by atoms with van der Waals surface area (Å²) in [5, 5.41) is 4.26. The van der Waals surface area contributed by atoms with Crippen molar-refractivity contribution in [3.05, 3.63) is 63.9 Å². The number of halogens is 3. The average molecular weight is 284 g/mol. The Kier molecular flexibility index (Phi) is 4.10. The maximum atomic E-state index is 12.9. The van der Waals surface area contributed by atoms with Crippen LogP contribution in [0.15, 0.2) is 42.5 Å². The molecule has 0 aromatic heterocycles. The number of nitrogens with one attached hydrogen (secondary N) is 1. The largest absolute Gasteiger partial charge is 0.377 e. The van der Waals surface area contributed by atoms with Gasteiger partial charge in [-0.05, 0) is 36.8 Å². The van der Waals surface area contributed by atoms with Crippen molar-refractivity contribution in [3.63, 3.8) is 0 Å². The van der Waals surface area contributed by atoms with Crippen molar-refractivity contribution < 1.29 is 4.39 Å². The smallest absolute Gasteiger partial charge is 0.124 e. The summed E-state index contributed by atoms with van der Waals surface area (Å²) < 4.78 is 12.9. The van der Waals surface area contributed by atoms with Crippen LogP contribution in [0.5, 0.6) is 0 Å². The molecule has 0 radical (unpaired) electrons. The molecule has 1 unspecified atom stereocenters.